The molecule has 10 nitrogen and oxygen atoms in total. The second-order valence-corrected chi connectivity index (χ2v) is 10.2. The zero-order valence-electron chi connectivity index (χ0n) is 24.5. The number of nitrogens with zero attached hydrogens (tertiary/aromatic N) is 1. The molecule has 0 radical (unpaired) electrons. The van der Waals surface area contributed by atoms with Crippen LogP contribution >= 0.6 is 0 Å². The molecule has 1 aliphatic heterocycles. The fourth-order valence-corrected chi connectivity index (χ4v) is 4.77. The van der Waals surface area contributed by atoms with Crippen molar-refractivity contribution in [2.75, 3.05) is 26.3 Å². The van der Waals surface area contributed by atoms with Crippen LogP contribution in [0, 0.1) is 0 Å². The molecule has 1 rings (SSSR count). The van der Waals surface area contributed by atoms with Gasteiger partial charge < -0.3 is 29.0 Å². The van der Waals surface area contributed by atoms with Crippen LogP contribution in [0.25, 0.3) is 0 Å². The van der Waals surface area contributed by atoms with E-state index in [1.165, 1.54) is 19.3 Å². The molecule has 1 fully saturated rings. The number of carbonyl (C=O) groups excluding carboxylic acids is 4. The molecule has 0 bridgehead atoms. The summed E-state index contributed by atoms with van der Waals surface area (Å²) in [6.45, 7) is 8.79. The molecule has 1 aliphatic rings. The van der Waals surface area contributed by atoms with Gasteiger partial charge in [-0.25, -0.2) is 0 Å². The summed E-state index contributed by atoms with van der Waals surface area (Å²) >= 11 is 0. The molecule has 1 N–H and O–H groups in total. The summed E-state index contributed by atoms with van der Waals surface area (Å²) in [5.74, 6) is -2.08. The van der Waals surface area contributed by atoms with E-state index in [-0.39, 0.29) is 45.3 Å². The van der Waals surface area contributed by atoms with Crippen LogP contribution in [0.2, 0.25) is 0 Å². The van der Waals surface area contributed by atoms with Gasteiger partial charge in [-0.1, -0.05) is 34.1 Å². The van der Waals surface area contributed by atoms with Gasteiger partial charge in [0.2, 0.25) is 0 Å². The van der Waals surface area contributed by atoms with Gasteiger partial charge in [-0.3, -0.25) is 19.2 Å². The first-order chi connectivity index (χ1) is 18.8. The van der Waals surface area contributed by atoms with Crippen molar-refractivity contribution in [2.45, 2.75) is 136 Å². The number of hydrogen-bond donors (Lipinski definition) is 1. The quantitative estimate of drug-likeness (QED) is 0.173. The number of esters is 4. The number of likely N-dealkylation sites (tertiary alicyclic amines) is 1. The Morgan fingerprint density at radius 1 is 0.795 bits per heavy atom. The molecular formula is C29H51NO9. The average Bonchev–Trinajstić information content (AvgIpc) is 2.90. The van der Waals surface area contributed by atoms with E-state index >= 15 is 0 Å². The normalized spacial score (nSPS) is 18.0. The summed E-state index contributed by atoms with van der Waals surface area (Å²) in [6.07, 6.45) is 3.97. The summed E-state index contributed by atoms with van der Waals surface area (Å²) in [5.41, 5.74) is 0. The topological polar surface area (TPSA) is 129 Å². The van der Waals surface area contributed by atoms with Crippen molar-refractivity contribution in [3.8, 4) is 0 Å². The van der Waals surface area contributed by atoms with Gasteiger partial charge in [-0.2, -0.15) is 0 Å². The maximum Gasteiger partial charge on any atom is 0.306 e. The molecule has 1 heterocycles. The lowest BCUT2D eigenvalue weighted by Crippen LogP contribution is -2.48. The van der Waals surface area contributed by atoms with Crippen molar-refractivity contribution in [1.29, 1.82) is 0 Å². The Bertz CT molecular complexity index is 730. The lowest BCUT2D eigenvalue weighted by atomic mass is 10.00. The van der Waals surface area contributed by atoms with Crippen molar-refractivity contribution >= 4 is 23.9 Å². The molecule has 0 aliphatic carbocycles. The van der Waals surface area contributed by atoms with E-state index in [1.807, 2.05) is 20.8 Å². The minimum atomic E-state index is -1.23. The van der Waals surface area contributed by atoms with Gasteiger partial charge in [-0.05, 0) is 58.0 Å². The van der Waals surface area contributed by atoms with Crippen LogP contribution in [-0.4, -0.2) is 84.5 Å². The van der Waals surface area contributed by atoms with Crippen molar-refractivity contribution in [1.82, 2.24) is 4.90 Å². The zero-order chi connectivity index (χ0) is 29.0. The molecule has 1 unspecified atom stereocenters. The van der Waals surface area contributed by atoms with Gasteiger partial charge in [0.15, 0.2) is 12.2 Å². The molecule has 0 aromatic rings. The fraction of sp³-hybridized carbons (Fsp3) is 0.862. The largest absolute Gasteiger partial charge is 0.462 e. The van der Waals surface area contributed by atoms with Crippen LogP contribution in [0.1, 0.15) is 111 Å². The smallest absolute Gasteiger partial charge is 0.306 e. The van der Waals surface area contributed by atoms with Gasteiger partial charge in [-0.15, -0.1) is 0 Å². The molecular weight excluding hydrogens is 506 g/mol. The average molecular weight is 558 g/mol. The third kappa shape index (κ3) is 14.1. The van der Waals surface area contributed by atoms with Gasteiger partial charge >= 0.3 is 23.9 Å². The number of hydrogen-bond acceptors (Lipinski definition) is 10. The lowest BCUT2D eigenvalue weighted by molar-refractivity contribution is -0.193. The molecule has 0 aromatic heterocycles. The minimum absolute atomic E-state index is 0.0380. The number of aliphatic hydroxyl groups excluding tert-OH is 1. The van der Waals surface area contributed by atoms with Gasteiger partial charge in [0.25, 0.3) is 0 Å². The van der Waals surface area contributed by atoms with Crippen LogP contribution in [0.3, 0.4) is 0 Å². The summed E-state index contributed by atoms with van der Waals surface area (Å²) < 4.78 is 22.3. The monoisotopic (exact) mass is 557 g/mol. The van der Waals surface area contributed by atoms with Crippen LogP contribution in [0.4, 0.5) is 0 Å². The number of carbonyl (C=O) groups is 4. The first-order valence-corrected chi connectivity index (χ1v) is 14.9. The second kappa shape index (κ2) is 20.7. The van der Waals surface area contributed by atoms with Crippen molar-refractivity contribution in [3.63, 3.8) is 0 Å². The highest BCUT2D eigenvalue weighted by Gasteiger charge is 2.38. The molecule has 0 spiro atoms. The highest BCUT2D eigenvalue weighted by atomic mass is 16.6. The molecule has 226 valence electrons. The molecule has 1 saturated heterocycles. The number of ether oxygens (including phenoxy) is 4. The van der Waals surface area contributed by atoms with Gasteiger partial charge in [0.1, 0.15) is 12.7 Å². The number of piperidine rings is 1. The van der Waals surface area contributed by atoms with Crippen LogP contribution < -0.4 is 0 Å². The Morgan fingerprint density at radius 3 is 1.95 bits per heavy atom. The maximum atomic E-state index is 12.6. The molecule has 0 saturated carbocycles. The zero-order valence-corrected chi connectivity index (χ0v) is 24.5. The van der Waals surface area contributed by atoms with E-state index in [2.05, 4.69) is 11.8 Å². The van der Waals surface area contributed by atoms with Gasteiger partial charge in [0.05, 0.1) is 0 Å². The van der Waals surface area contributed by atoms with Gasteiger partial charge in [0, 0.05) is 44.8 Å². The van der Waals surface area contributed by atoms with E-state index < -0.39 is 42.2 Å². The summed E-state index contributed by atoms with van der Waals surface area (Å²) in [5, 5.41) is 9.64. The Balaban J connectivity index is 2.97. The summed E-state index contributed by atoms with van der Waals surface area (Å²) in [6, 6.07) is 0.551. The molecule has 4 atom stereocenters. The van der Waals surface area contributed by atoms with E-state index in [9.17, 15) is 24.3 Å². The van der Waals surface area contributed by atoms with E-state index in [0.717, 1.165) is 19.5 Å². The third-order valence-corrected chi connectivity index (χ3v) is 6.80. The molecule has 39 heavy (non-hydrogen) atoms. The van der Waals surface area contributed by atoms with Crippen molar-refractivity contribution in [2.24, 2.45) is 0 Å². The predicted octanol–water partition coefficient (Wildman–Crippen LogP) is 4.09. The number of aliphatic hydroxyl groups is 1. The first-order valence-electron chi connectivity index (χ1n) is 14.9. The molecule has 10 heteroatoms. The SMILES string of the molecule is CCCC(=O)O[C@H]([C@H](COC(=O)CCCN1CCCCC1CC)OC(=O)CCC)[C@@H](CCO)OC(=O)CCC. The van der Waals surface area contributed by atoms with Crippen LogP contribution in [0.5, 0.6) is 0 Å². The minimum Gasteiger partial charge on any atom is -0.462 e. The second-order valence-electron chi connectivity index (χ2n) is 10.2. The predicted molar refractivity (Wildman–Crippen MR) is 146 cm³/mol. The third-order valence-electron chi connectivity index (χ3n) is 6.80. The Kier molecular flexibility index (Phi) is 18.5. The van der Waals surface area contributed by atoms with Crippen molar-refractivity contribution < 1.29 is 43.2 Å². The maximum absolute atomic E-state index is 12.6. The summed E-state index contributed by atoms with van der Waals surface area (Å²) in [7, 11) is 0. The highest BCUT2D eigenvalue weighted by Crippen LogP contribution is 2.21. The summed E-state index contributed by atoms with van der Waals surface area (Å²) in [4.78, 5) is 52.3. The highest BCUT2D eigenvalue weighted by molar-refractivity contribution is 5.72. The Morgan fingerprint density at radius 2 is 1.38 bits per heavy atom. The Hall–Kier alpha value is -2.20. The van der Waals surface area contributed by atoms with E-state index in [4.69, 9.17) is 18.9 Å². The van der Waals surface area contributed by atoms with Crippen LogP contribution in [0.15, 0.2) is 0 Å². The number of rotatable bonds is 20. The van der Waals surface area contributed by atoms with E-state index in [0.29, 0.717) is 31.7 Å². The fourth-order valence-electron chi connectivity index (χ4n) is 4.77. The van der Waals surface area contributed by atoms with E-state index in [1.54, 1.807) is 0 Å². The van der Waals surface area contributed by atoms with Crippen LogP contribution in [-0.2, 0) is 38.1 Å². The standard InChI is InChI=1S/C29H51NO9/c1-5-12-26(33)37-23(17-20-31)29(39-28(35)14-7-3)24(38-27(34)13-6-2)21-36-25(32)16-11-19-30-18-10-9-15-22(30)8-4/h22-24,29,31H,5-21H2,1-4H3/t22?,23-,24+,29+/m1/s1. The molecule has 0 aromatic carbocycles. The first kappa shape index (κ1) is 34.8. The Labute approximate surface area is 234 Å². The lowest BCUT2D eigenvalue weighted by Gasteiger charge is -2.35. The molecule has 0 amide bonds. The van der Waals surface area contributed by atoms with Crippen molar-refractivity contribution in [3.05, 3.63) is 0 Å².